The summed E-state index contributed by atoms with van der Waals surface area (Å²) >= 11 is 0. The molecule has 256 valence electrons. The zero-order valence-corrected chi connectivity index (χ0v) is 27.8. The number of carboxylic acid groups (broad SMARTS) is 1. The highest BCUT2D eigenvalue weighted by Gasteiger charge is 2.32. The topological polar surface area (TPSA) is 126 Å². The molecule has 11 heteroatoms. The fourth-order valence-electron chi connectivity index (χ4n) is 6.42. The maximum atomic E-state index is 13.6. The van der Waals surface area contributed by atoms with Crippen LogP contribution in [0.15, 0.2) is 42.7 Å². The van der Waals surface area contributed by atoms with Gasteiger partial charge in [-0.1, -0.05) is 18.2 Å². The molecule has 2 aliphatic rings. The third-order valence-electron chi connectivity index (χ3n) is 8.89. The number of hydrogen-bond donors (Lipinski definition) is 1. The predicted octanol–water partition coefficient (Wildman–Crippen LogP) is 6.28. The summed E-state index contributed by atoms with van der Waals surface area (Å²) in [6.45, 7) is 7.01. The number of aliphatic carboxylic acids is 1. The van der Waals surface area contributed by atoms with Crippen molar-refractivity contribution in [1.29, 1.82) is 0 Å². The number of ketones is 1. The Morgan fingerprint density at radius 2 is 1.77 bits per heavy atom. The second kappa shape index (κ2) is 16.7. The van der Waals surface area contributed by atoms with E-state index < -0.39 is 24.2 Å². The average Bonchev–Trinajstić information content (AvgIpc) is 3.05. The average molecular weight is 654 g/mol. The van der Waals surface area contributed by atoms with Crippen LogP contribution in [0.1, 0.15) is 83.6 Å². The summed E-state index contributed by atoms with van der Waals surface area (Å²) in [5.74, 6) is -1.14. The number of carbonyl (C=O) groups excluding carboxylic acids is 3. The number of piperidine rings is 2. The second-order valence-corrected chi connectivity index (χ2v) is 13.6. The molecule has 1 aromatic carbocycles. The highest BCUT2D eigenvalue weighted by atomic mass is 19.1. The molecule has 0 spiro atoms. The fourth-order valence-corrected chi connectivity index (χ4v) is 6.42. The number of halogens is 1. The van der Waals surface area contributed by atoms with Crippen LogP contribution in [0.3, 0.4) is 0 Å². The van der Waals surface area contributed by atoms with Crippen LogP contribution < -0.4 is 4.74 Å². The van der Waals surface area contributed by atoms with Gasteiger partial charge in [-0.2, -0.15) is 0 Å². The van der Waals surface area contributed by atoms with E-state index in [0.717, 1.165) is 19.3 Å². The maximum Gasteiger partial charge on any atom is 0.410 e. The van der Waals surface area contributed by atoms with E-state index in [9.17, 15) is 28.7 Å². The molecule has 2 amide bonds. The molecule has 0 saturated carbocycles. The van der Waals surface area contributed by atoms with Crippen molar-refractivity contribution in [1.82, 2.24) is 14.8 Å². The highest BCUT2D eigenvalue weighted by molar-refractivity contribution is 5.84. The van der Waals surface area contributed by atoms with E-state index >= 15 is 0 Å². The number of likely N-dealkylation sites (tertiary alicyclic amines) is 2. The smallest absolute Gasteiger partial charge is 0.410 e. The molecule has 47 heavy (non-hydrogen) atoms. The summed E-state index contributed by atoms with van der Waals surface area (Å²) in [7, 11) is 0. The number of nitrogens with zero attached hydrogens (tertiary/aromatic N) is 3. The number of hydrogen-bond acceptors (Lipinski definition) is 7. The molecule has 2 atom stereocenters. The minimum absolute atomic E-state index is 0.0281. The van der Waals surface area contributed by atoms with E-state index in [1.54, 1.807) is 34.3 Å². The first kappa shape index (κ1) is 35.8. The van der Waals surface area contributed by atoms with Crippen LogP contribution in [0.5, 0.6) is 5.75 Å². The van der Waals surface area contributed by atoms with E-state index in [0.29, 0.717) is 73.8 Å². The molecule has 10 nitrogen and oxygen atoms in total. The van der Waals surface area contributed by atoms with Crippen molar-refractivity contribution in [2.24, 2.45) is 11.8 Å². The zero-order valence-electron chi connectivity index (χ0n) is 27.8. The third-order valence-corrected chi connectivity index (χ3v) is 8.89. The number of benzene rings is 1. The molecule has 3 heterocycles. The van der Waals surface area contributed by atoms with Crippen LogP contribution in [0.25, 0.3) is 11.1 Å². The van der Waals surface area contributed by atoms with Crippen LogP contribution in [-0.2, 0) is 19.1 Å². The first-order chi connectivity index (χ1) is 22.4. The number of carbonyl (C=O) groups is 4. The van der Waals surface area contributed by atoms with Gasteiger partial charge in [0.1, 0.15) is 30.4 Å². The Morgan fingerprint density at radius 3 is 2.47 bits per heavy atom. The number of alkyl halides is 1. The van der Waals surface area contributed by atoms with Crippen molar-refractivity contribution in [3.05, 3.63) is 48.3 Å². The maximum absolute atomic E-state index is 13.6. The van der Waals surface area contributed by atoms with Crippen LogP contribution in [-0.4, -0.2) is 88.7 Å². The molecule has 2 saturated heterocycles. The Bertz CT molecular complexity index is 1390. The molecule has 2 fully saturated rings. The normalized spacial score (nSPS) is 18.0. The van der Waals surface area contributed by atoms with E-state index in [-0.39, 0.29) is 43.2 Å². The number of rotatable bonds is 13. The van der Waals surface area contributed by atoms with E-state index in [4.69, 9.17) is 9.47 Å². The first-order valence-electron chi connectivity index (χ1n) is 16.7. The standard InChI is InChI=1S/C36H48FN3O7/c1-36(2,3)47-35(45)39-16-12-25(13-17-39)10-11-33(42)40-15-6-7-26(24-40)31(41)20-27(21-34(43)44)28-19-29(23-38-22-28)30-8-4-5-9-32(30)46-18-14-37/h4-5,8-9,19,22-23,25-27H,6-7,10-18,20-21,24H2,1-3H3,(H,43,44)/t26-,27+/m1/s1. The van der Waals surface area contributed by atoms with Crippen LogP contribution in [0.2, 0.25) is 0 Å². The van der Waals surface area contributed by atoms with Gasteiger partial charge in [-0.3, -0.25) is 19.4 Å². The number of amides is 2. The van der Waals surface area contributed by atoms with Crippen LogP contribution >= 0.6 is 0 Å². The van der Waals surface area contributed by atoms with Crippen molar-refractivity contribution < 1.29 is 38.1 Å². The molecule has 0 aliphatic carbocycles. The number of ether oxygens (including phenoxy) is 2. The monoisotopic (exact) mass is 653 g/mol. The van der Waals surface area contributed by atoms with Gasteiger partial charge < -0.3 is 24.4 Å². The quantitative estimate of drug-likeness (QED) is 0.268. The molecular formula is C36H48FN3O7. The predicted molar refractivity (Wildman–Crippen MR) is 175 cm³/mol. The molecule has 2 aromatic rings. The summed E-state index contributed by atoms with van der Waals surface area (Å²) in [5, 5.41) is 9.70. The third kappa shape index (κ3) is 10.8. The van der Waals surface area contributed by atoms with Gasteiger partial charge in [-0.15, -0.1) is 0 Å². The van der Waals surface area contributed by atoms with Crippen molar-refractivity contribution in [2.75, 3.05) is 39.5 Å². The van der Waals surface area contributed by atoms with E-state index in [1.807, 2.05) is 39.0 Å². The largest absolute Gasteiger partial charge is 0.490 e. The summed E-state index contributed by atoms with van der Waals surface area (Å²) in [6, 6.07) is 9.00. The van der Waals surface area contributed by atoms with Gasteiger partial charge in [-0.05, 0) is 76.5 Å². The Labute approximate surface area is 276 Å². The lowest BCUT2D eigenvalue weighted by molar-refractivity contribution is -0.137. The van der Waals surface area contributed by atoms with E-state index in [1.165, 1.54) is 0 Å². The molecular weight excluding hydrogens is 605 g/mol. The second-order valence-electron chi connectivity index (χ2n) is 13.6. The van der Waals surface area contributed by atoms with Gasteiger partial charge in [0.15, 0.2) is 0 Å². The van der Waals surface area contributed by atoms with Crippen molar-refractivity contribution in [2.45, 2.75) is 83.7 Å². The lowest BCUT2D eigenvalue weighted by Gasteiger charge is -2.35. The van der Waals surface area contributed by atoms with E-state index in [2.05, 4.69) is 4.98 Å². The molecule has 0 radical (unpaired) electrons. The SMILES string of the molecule is CC(C)(C)OC(=O)N1CCC(CCC(=O)N2CCC[C@@H](C(=O)C[C@@H](CC(=O)O)c3cncc(-c4ccccc4OCCF)c3)C2)CC1. The Morgan fingerprint density at radius 1 is 1.02 bits per heavy atom. The van der Waals surface area contributed by atoms with Gasteiger partial charge in [0, 0.05) is 74.4 Å². The van der Waals surface area contributed by atoms with Crippen LogP contribution in [0.4, 0.5) is 9.18 Å². The number of aromatic nitrogens is 1. The Hall–Kier alpha value is -4.02. The summed E-state index contributed by atoms with van der Waals surface area (Å²) in [5.41, 5.74) is 1.48. The van der Waals surface area contributed by atoms with Crippen molar-refractivity contribution >= 4 is 23.8 Å². The Kier molecular flexibility index (Phi) is 12.7. The number of carboxylic acids is 1. The molecule has 4 rings (SSSR count). The molecule has 0 bridgehead atoms. The molecule has 0 unspecified atom stereocenters. The van der Waals surface area contributed by atoms with Crippen LogP contribution in [0, 0.1) is 11.8 Å². The highest BCUT2D eigenvalue weighted by Crippen LogP contribution is 2.34. The van der Waals surface area contributed by atoms with Gasteiger partial charge in [0.05, 0.1) is 6.42 Å². The molecule has 1 aromatic heterocycles. The van der Waals surface area contributed by atoms with Gasteiger partial charge in [0.25, 0.3) is 0 Å². The fraction of sp³-hybridized carbons (Fsp3) is 0.583. The lowest BCUT2D eigenvalue weighted by atomic mass is 9.84. The number of para-hydroxylation sites is 1. The minimum Gasteiger partial charge on any atom is -0.490 e. The minimum atomic E-state index is -1.02. The van der Waals surface area contributed by atoms with Crippen molar-refractivity contribution in [3.8, 4) is 16.9 Å². The van der Waals surface area contributed by atoms with Gasteiger partial charge in [-0.25, -0.2) is 9.18 Å². The van der Waals surface area contributed by atoms with Gasteiger partial charge in [0.2, 0.25) is 5.91 Å². The Balaban J connectivity index is 1.33. The summed E-state index contributed by atoms with van der Waals surface area (Å²) in [6.07, 6.45) is 6.87. The summed E-state index contributed by atoms with van der Waals surface area (Å²) < 4.78 is 23.8. The zero-order chi connectivity index (χ0) is 34.0. The van der Waals surface area contributed by atoms with Crippen molar-refractivity contribution in [3.63, 3.8) is 0 Å². The lowest BCUT2D eigenvalue weighted by Crippen LogP contribution is -2.43. The molecule has 2 aliphatic heterocycles. The number of Topliss-reactive ketones (excluding diaryl/α,β-unsaturated/α-hetero) is 1. The summed E-state index contributed by atoms with van der Waals surface area (Å²) in [4.78, 5) is 58.9. The first-order valence-corrected chi connectivity index (χ1v) is 16.7. The molecule has 1 N–H and O–H groups in total. The van der Waals surface area contributed by atoms with Gasteiger partial charge >= 0.3 is 12.1 Å². The number of pyridine rings is 1.